The Morgan fingerprint density at radius 3 is 2.00 bits per heavy atom. The maximum Gasteiger partial charge on any atom is 0.0392 e. The Labute approximate surface area is 126 Å². The van der Waals surface area contributed by atoms with Crippen LogP contribution in [0.1, 0.15) is 71.1 Å². The summed E-state index contributed by atoms with van der Waals surface area (Å²) in [5.41, 5.74) is 2.86. The number of allylic oxidation sites excluding steroid dienone is 4. The van der Waals surface area contributed by atoms with Crippen LogP contribution < -0.4 is 0 Å². The van der Waals surface area contributed by atoms with Crippen molar-refractivity contribution in [1.82, 2.24) is 4.90 Å². The quantitative estimate of drug-likeness (QED) is 0.580. The van der Waals surface area contributed by atoms with E-state index in [0.29, 0.717) is 0 Å². The van der Waals surface area contributed by atoms with E-state index < -0.39 is 0 Å². The number of rotatable bonds is 1. The second kappa shape index (κ2) is 10.8. The topological polar surface area (TPSA) is 3.24 Å². The molecule has 1 fully saturated rings. The van der Waals surface area contributed by atoms with Gasteiger partial charge >= 0.3 is 0 Å². The van der Waals surface area contributed by atoms with Gasteiger partial charge in [0.2, 0.25) is 0 Å². The fourth-order valence-electron chi connectivity index (χ4n) is 3.03. The average Bonchev–Trinajstić information content (AvgIpc) is 2.46. The van der Waals surface area contributed by atoms with E-state index >= 15 is 0 Å². The maximum absolute atomic E-state index is 3.88. The van der Waals surface area contributed by atoms with Crippen LogP contribution in [0.3, 0.4) is 0 Å². The molecule has 1 aliphatic heterocycles. The highest BCUT2D eigenvalue weighted by Gasteiger charge is 2.09. The van der Waals surface area contributed by atoms with E-state index in [1.165, 1.54) is 75.5 Å². The Balaban J connectivity index is 2.70. The van der Waals surface area contributed by atoms with Crippen LogP contribution in [0.25, 0.3) is 0 Å². The van der Waals surface area contributed by atoms with Crippen molar-refractivity contribution < 1.29 is 0 Å². The summed E-state index contributed by atoms with van der Waals surface area (Å²) in [5, 5.41) is 0. The summed E-state index contributed by atoms with van der Waals surface area (Å²) in [4.78, 5) is 2.42. The zero-order valence-electron chi connectivity index (χ0n) is 13.7. The lowest BCUT2D eigenvalue weighted by molar-refractivity contribution is 0.397. The van der Waals surface area contributed by atoms with Gasteiger partial charge in [-0.25, -0.2) is 0 Å². The van der Waals surface area contributed by atoms with E-state index in [0.717, 1.165) is 6.54 Å². The maximum atomic E-state index is 3.88. The first-order chi connectivity index (χ1) is 9.79. The summed E-state index contributed by atoms with van der Waals surface area (Å²) in [7, 11) is 2.23. The van der Waals surface area contributed by atoms with Crippen molar-refractivity contribution in [2.45, 2.75) is 71.1 Å². The van der Waals surface area contributed by atoms with E-state index in [4.69, 9.17) is 0 Å². The fraction of sp³-hybridized carbons (Fsp3) is 0.684. The van der Waals surface area contributed by atoms with Gasteiger partial charge in [0.05, 0.1) is 0 Å². The van der Waals surface area contributed by atoms with Gasteiger partial charge in [-0.3, -0.25) is 0 Å². The summed E-state index contributed by atoms with van der Waals surface area (Å²) < 4.78 is 0. The van der Waals surface area contributed by atoms with Crippen LogP contribution in [0.2, 0.25) is 0 Å². The third-order valence-electron chi connectivity index (χ3n) is 4.30. The molecule has 0 radical (unpaired) electrons. The zero-order chi connectivity index (χ0) is 14.6. The Morgan fingerprint density at radius 1 is 0.900 bits per heavy atom. The van der Waals surface area contributed by atoms with Crippen molar-refractivity contribution >= 4 is 0 Å². The first-order valence-electron chi connectivity index (χ1n) is 8.49. The molecule has 0 aromatic carbocycles. The molecule has 1 saturated heterocycles. The van der Waals surface area contributed by atoms with Gasteiger partial charge in [0.1, 0.15) is 0 Å². The Hall–Kier alpha value is -0.980. The SMILES string of the molecule is C=CC=C1/C(=C\C)CCCCCCCCCCCN1C. The number of hydrogen-bond donors (Lipinski definition) is 0. The molecule has 0 aromatic heterocycles. The van der Waals surface area contributed by atoms with Crippen molar-refractivity contribution in [1.29, 1.82) is 0 Å². The largest absolute Gasteiger partial charge is 0.374 e. The van der Waals surface area contributed by atoms with Gasteiger partial charge in [0, 0.05) is 19.3 Å². The molecular formula is C19H33N. The number of hydrogen-bond acceptors (Lipinski definition) is 1. The molecule has 1 heterocycles. The van der Waals surface area contributed by atoms with Gasteiger partial charge in [-0.15, -0.1) is 0 Å². The molecular weight excluding hydrogens is 242 g/mol. The Kier molecular flexibility index (Phi) is 9.19. The summed E-state index contributed by atoms with van der Waals surface area (Å²) in [5.74, 6) is 0. The van der Waals surface area contributed by atoms with Crippen molar-refractivity contribution in [3.63, 3.8) is 0 Å². The highest BCUT2D eigenvalue weighted by molar-refractivity contribution is 5.31. The number of nitrogens with zero attached hydrogens (tertiary/aromatic N) is 1. The monoisotopic (exact) mass is 275 g/mol. The smallest absolute Gasteiger partial charge is 0.0392 e. The molecule has 0 aliphatic carbocycles. The van der Waals surface area contributed by atoms with Gasteiger partial charge in [0.15, 0.2) is 0 Å². The third-order valence-corrected chi connectivity index (χ3v) is 4.30. The minimum absolute atomic E-state index is 1.16. The average molecular weight is 275 g/mol. The molecule has 0 N–H and O–H groups in total. The standard InChI is InChI=1S/C19H33N/c1-4-15-19-18(5-2)16-13-11-9-7-6-8-10-12-14-17-20(19)3/h4-5,15H,1,6-14,16-17H2,2-3H3/b18-5-,19-15?. The van der Waals surface area contributed by atoms with Crippen LogP contribution in [0.4, 0.5) is 0 Å². The summed E-state index contributed by atoms with van der Waals surface area (Å²) >= 11 is 0. The molecule has 0 saturated carbocycles. The van der Waals surface area contributed by atoms with Gasteiger partial charge < -0.3 is 4.90 Å². The summed E-state index contributed by atoms with van der Waals surface area (Å²) in [6, 6.07) is 0. The van der Waals surface area contributed by atoms with Crippen molar-refractivity contribution in [3.05, 3.63) is 36.1 Å². The molecule has 0 amide bonds. The second-order valence-electron chi connectivity index (χ2n) is 5.96. The van der Waals surface area contributed by atoms with E-state index in [1.807, 2.05) is 6.08 Å². The van der Waals surface area contributed by atoms with E-state index in [2.05, 4.69) is 37.6 Å². The van der Waals surface area contributed by atoms with Gasteiger partial charge in [-0.1, -0.05) is 63.7 Å². The van der Waals surface area contributed by atoms with Gasteiger partial charge in [-0.05, 0) is 37.8 Å². The summed E-state index contributed by atoms with van der Waals surface area (Å²) in [6.07, 6.45) is 20.1. The van der Waals surface area contributed by atoms with Crippen molar-refractivity contribution in [2.75, 3.05) is 13.6 Å². The Bertz CT molecular complexity index is 325. The Morgan fingerprint density at radius 2 is 1.45 bits per heavy atom. The molecule has 1 nitrogen and oxygen atoms in total. The van der Waals surface area contributed by atoms with Gasteiger partial charge in [-0.2, -0.15) is 0 Å². The second-order valence-corrected chi connectivity index (χ2v) is 5.96. The van der Waals surface area contributed by atoms with Crippen LogP contribution in [-0.4, -0.2) is 18.5 Å². The minimum atomic E-state index is 1.16. The van der Waals surface area contributed by atoms with Crippen molar-refractivity contribution in [3.8, 4) is 0 Å². The molecule has 1 rings (SSSR count). The number of likely N-dealkylation sites (N-methyl/N-ethyl adjacent to an activating group) is 1. The van der Waals surface area contributed by atoms with Crippen LogP contribution in [0.15, 0.2) is 36.1 Å². The van der Waals surface area contributed by atoms with E-state index in [9.17, 15) is 0 Å². The predicted molar refractivity (Wildman–Crippen MR) is 90.8 cm³/mol. The molecule has 20 heavy (non-hydrogen) atoms. The van der Waals surface area contributed by atoms with Crippen LogP contribution >= 0.6 is 0 Å². The lowest BCUT2D eigenvalue weighted by atomic mass is 10.00. The predicted octanol–water partition coefficient (Wildman–Crippen LogP) is 5.85. The first kappa shape index (κ1) is 17.1. The van der Waals surface area contributed by atoms with Crippen molar-refractivity contribution in [2.24, 2.45) is 0 Å². The third kappa shape index (κ3) is 6.45. The van der Waals surface area contributed by atoms with Crippen LogP contribution in [0, 0.1) is 0 Å². The lowest BCUT2D eigenvalue weighted by Gasteiger charge is -2.25. The highest BCUT2D eigenvalue weighted by Crippen LogP contribution is 2.22. The van der Waals surface area contributed by atoms with Gasteiger partial charge in [0.25, 0.3) is 0 Å². The molecule has 0 spiro atoms. The van der Waals surface area contributed by atoms with Crippen LogP contribution in [-0.2, 0) is 0 Å². The highest BCUT2D eigenvalue weighted by atomic mass is 15.1. The molecule has 0 aromatic rings. The van der Waals surface area contributed by atoms with E-state index in [1.54, 1.807) is 0 Å². The van der Waals surface area contributed by atoms with E-state index in [-0.39, 0.29) is 0 Å². The first-order valence-corrected chi connectivity index (χ1v) is 8.49. The fourth-order valence-corrected chi connectivity index (χ4v) is 3.03. The molecule has 1 heteroatoms. The van der Waals surface area contributed by atoms with Crippen LogP contribution in [0.5, 0.6) is 0 Å². The normalized spacial score (nSPS) is 24.6. The molecule has 0 unspecified atom stereocenters. The molecule has 1 aliphatic rings. The molecule has 0 bridgehead atoms. The lowest BCUT2D eigenvalue weighted by Crippen LogP contribution is -2.20. The summed E-state index contributed by atoms with van der Waals surface area (Å²) in [6.45, 7) is 7.22. The minimum Gasteiger partial charge on any atom is -0.374 e. The molecule has 0 atom stereocenters. The molecule has 114 valence electrons. The zero-order valence-corrected chi connectivity index (χ0v) is 13.7.